The third kappa shape index (κ3) is 4.20. The Kier molecular flexibility index (Phi) is 5.06. The van der Waals surface area contributed by atoms with E-state index in [0.717, 1.165) is 25.2 Å². The second-order valence-corrected chi connectivity index (χ2v) is 6.62. The zero-order chi connectivity index (χ0) is 17.8. The van der Waals surface area contributed by atoms with Crippen molar-refractivity contribution in [3.8, 4) is 5.69 Å². The van der Waals surface area contributed by atoms with Crippen molar-refractivity contribution >= 4 is 11.9 Å². The lowest BCUT2D eigenvalue weighted by Crippen LogP contribution is -2.44. The fourth-order valence-corrected chi connectivity index (χ4v) is 3.20. The Labute approximate surface area is 145 Å². The van der Waals surface area contributed by atoms with Crippen LogP contribution in [0.25, 0.3) is 5.69 Å². The third-order valence-corrected chi connectivity index (χ3v) is 4.26. The number of carbonyl (C=O) groups excluding carboxylic acids is 2. The van der Waals surface area contributed by atoms with Gasteiger partial charge in [0, 0.05) is 13.1 Å². The highest BCUT2D eigenvalue weighted by atomic mass is 16.5. The van der Waals surface area contributed by atoms with Gasteiger partial charge in [-0.05, 0) is 52.9 Å². The van der Waals surface area contributed by atoms with E-state index in [4.69, 9.17) is 4.74 Å². The molecule has 0 radical (unpaired) electrons. The zero-order valence-corrected chi connectivity index (χ0v) is 14.3. The maximum Gasteiger partial charge on any atom is 0.338 e. The number of nitrogens with zero attached hydrogens (tertiary/aromatic N) is 5. The second kappa shape index (κ2) is 7.42. The lowest BCUT2D eigenvalue weighted by Gasteiger charge is -2.34. The van der Waals surface area contributed by atoms with E-state index >= 15 is 0 Å². The van der Waals surface area contributed by atoms with Crippen molar-refractivity contribution < 1.29 is 14.3 Å². The van der Waals surface area contributed by atoms with Crippen LogP contribution in [0, 0.1) is 11.8 Å². The van der Waals surface area contributed by atoms with Gasteiger partial charge in [0.2, 0.25) is 0 Å². The summed E-state index contributed by atoms with van der Waals surface area (Å²) < 4.78 is 6.65. The summed E-state index contributed by atoms with van der Waals surface area (Å²) in [5.74, 6) is 0.288. The lowest BCUT2D eigenvalue weighted by molar-refractivity contribution is -0.137. The Morgan fingerprint density at radius 1 is 1.16 bits per heavy atom. The number of hydrogen-bond acceptors (Lipinski definition) is 6. The first-order valence-electron chi connectivity index (χ1n) is 8.31. The van der Waals surface area contributed by atoms with Crippen molar-refractivity contribution in [1.29, 1.82) is 0 Å². The van der Waals surface area contributed by atoms with Gasteiger partial charge >= 0.3 is 5.97 Å². The number of ether oxygens (including phenoxy) is 1. The van der Waals surface area contributed by atoms with Crippen molar-refractivity contribution in [3.05, 3.63) is 36.2 Å². The zero-order valence-electron chi connectivity index (χ0n) is 14.3. The monoisotopic (exact) mass is 343 g/mol. The molecule has 1 aromatic heterocycles. The van der Waals surface area contributed by atoms with Gasteiger partial charge < -0.3 is 9.64 Å². The Morgan fingerprint density at radius 2 is 1.84 bits per heavy atom. The maximum absolute atomic E-state index is 12.3. The first-order valence-corrected chi connectivity index (χ1v) is 8.31. The highest BCUT2D eigenvalue weighted by Crippen LogP contribution is 2.21. The fraction of sp³-hybridized carbons (Fsp3) is 0.471. The molecule has 2 aromatic rings. The molecule has 0 aliphatic carbocycles. The highest BCUT2D eigenvalue weighted by molar-refractivity contribution is 5.91. The van der Waals surface area contributed by atoms with E-state index < -0.39 is 5.97 Å². The minimum atomic E-state index is -0.519. The predicted octanol–water partition coefficient (Wildman–Crippen LogP) is 1.32. The minimum absolute atomic E-state index is 0.142. The molecule has 1 saturated heterocycles. The average Bonchev–Trinajstić information content (AvgIpc) is 3.13. The van der Waals surface area contributed by atoms with Crippen molar-refractivity contribution in [2.75, 3.05) is 19.7 Å². The molecule has 0 saturated carbocycles. The number of hydrogen-bond donors (Lipinski definition) is 0. The van der Waals surface area contributed by atoms with Gasteiger partial charge in [0.25, 0.3) is 5.91 Å². The maximum atomic E-state index is 12.3. The van der Waals surface area contributed by atoms with E-state index in [1.807, 2.05) is 0 Å². The van der Waals surface area contributed by atoms with E-state index in [0.29, 0.717) is 17.4 Å². The number of piperidine rings is 1. The van der Waals surface area contributed by atoms with Crippen LogP contribution in [-0.2, 0) is 9.53 Å². The Hall–Kier alpha value is -2.77. The summed E-state index contributed by atoms with van der Waals surface area (Å²) in [5, 5.41) is 10.9. The molecule has 1 fully saturated rings. The summed E-state index contributed by atoms with van der Waals surface area (Å²) in [5.41, 5.74) is 1.11. The molecule has 2 atom stereocenters. The van der Waals surface area contributed by atoms with E-state index in [1.54, 1.807) is 29.2 Å². The van der Waals surface area contributed by atoms with Crippen molar-refractivity contribution in [2.45, 2.75) is 20.3 Å². The summed E-state index contributed by atoms with van der Waals surface area (Å²) in [7, 11) is 0. The molecule has 8 nitrogen and oxygen atoms in total. The van der Waals surface area contributed by atoms with Crippen LogP contribution in [0.2, 0.25) is 0 Å². The van der Waals surface area contributed by atoms with Gasteiger partial charge in [-0.1, -0.05) is 13.8 Å². The number of likely N-dealkylation sites (tertiary alicyclic amines) is 1. The molecule has 8 heteroatoms. The largest absolute Gasteiger partial charge is 0.452 e. The van der Waals surface area contributed by atoms with Gasteiger partial charge in [0.1, 0.15) is 6.33 Å². The van der Waals surface area contributed by atoms with Crippen LogP contribution in [0.3, 0.4) is 0 Å². The molecule has 1 amide bonds. The summed E-state index contributed by atoms with van der Waals surface area (Å²) in [6.45, 7) is 5.48. The van der Waals surface area contributed by atoms with Gasteiger partial charge in [0.05, 0.1) is 11.3 Å². The molecule has 0 unspecified atom stereocenters. The molecule has 0 spiro atoms. The molecule has 1 aromatic carbocycles. The number of rotatable bonds is 4. The Balaban J connectivity index is 1.54. The van der Waals surface area contributed by atoms with Crippen molar-refractivity contribution in [3.63, 3.8) is 0 Å². The van der Waals surface area contributed by atoms with Crippen molar-refractivity contribution in [2.24, 2.45) is 11.8 Å². The lowest BCUT2D eigenvalue weighted by atomic mass is 9.92. The minimum Gasteiger partial charge on any atom is -0.452 e. The van der Waals surface area contributed by atoms with Crippen molar-refractivity contribution in [1.82, 2.24) is 25.1 Å². The smallest absolute Gasteiger partial charge is 0.338 e. The second-order valence-electron chi connectivity index (χ2n) is 6.62. The third-order valence-electron chi connectivity index (χ3n) is 4.26. The molecule has 0 bridgehead atoms. The van der Waals surface area contributed by atoms with Gasteiger partial charge in [0.15, 0.2) is 6.61 Å². The molecule has 0 N–H and O–H groups in total. The molecule has 2 heterocycles. The van der Waals surface area contributed by atoms with Crippen LogP contribution in [0.1, 0.15) is 30.6 Å². The number of carbonyl (C=O) groups is 2. The Bertz CT molecular complexity index is 719. The quantitative estimate of drug-likeness (QED) is 0.778. The number of tetrazole rings is 1. The molecule has 132 valence electrons. The van der Waals surface area contributed by atoms with Gasteiger partial charge in [-0.25, -0.2) is 9.48 Å². The van der Waals surface area contributed by atoms with Crippen LogP contribution in [-0.4, -0.2) is 56.7 Å². The van der Waals surface area contributed by atoms with Crippen LogP contribution >= 0.6 is 0 Å². The highest BCUT2D eigenvalue weighted by Gasteiger charge is 2.26. The standard InChI is InChI=1S/C17H21N5O3/c1-12-7-13(2)9-21(8-12)16(23)10-25-17(24)14-3-5-15(6-4-14)22-11-18-19-20-22/h3-6,11-13H,7-10H2,1-2H3/t12-,13-/m0/s1. The number of esters is 1. The topological polar surface area (TPSA) is 90.2 Å². The molecular formula is C17H21N5O3. The molecule has 3 rings (SSSR count). The molecule has 1 aliphatic rings. The first kappa shape index (κ1) is 17.1. The first-order chi connectivity index (χ1) is 12.0. The fourth-order valence-electron chi connectivity index (χ4n) is 3.20. The summed E-state index contributed by atoms with van der Waals surface area (Å²) >= 11 is 0. The molecule has 25 heavy (non-hydrogen) atoms. The van der Waals surface area contributed by atoms with E-state index in [1.165, 1.54) is 11.0 Å². The summed E-state index contributed by atoms with van der Waals surface area (Å²) in [6, 6.07) is 6.66. The van der Waals surface area contributed by atoms with Crippen LogP contribution in [0.5, 0.6) is 0 Å². The SMILES string of the molecule is C[C@H]1C[C@H](C)CN(C(=O)COC(=O)c2ccc(-n3cnnn3)cc2)C1. The normalized spacial score (nSPS) is 20.3. The van der Waals surface area contributed by atoms with E-state index in [2.05, 4.69) is 29.4 Å². The summed E-state index contributed by atoms with van der Waals surface area (Å²) in [6.07, 6.45) is 2.59. The predicted molar refractivity (Wildman–Crippen MR) is 89.0 cm³/mol. The molecule has 1 aliphatic heterocycles. The Morgan fingerprint density at radius 3 is 2.44 bits per heavy atom. The van der Waals surface area contributed by atoms with Crippen LogP contribution in [0.4, 0.5) is 0 Å². The van der Waals surface area contributed by atoms with Crippen LogP contribution in [0.15, 0.2) is 30.6 Å². The van der Waals surface area contributed by atoms with Crippen LogP contribution < -0.4 is 0 Å². The molecular weight excluding hydrogens is 322 g/mol. The van der Waals surface area contributed by atoms with Gasteiger partial charge in [-0.2, -0.15) is 0 Å². The van der Waals surface area contributed by atoms with E-state index in [9.17, 15) is 9.59 Å². The number of amides is 1. The van der Waals surface area contributed by atoms with E-state index in [-0.39, 0.29) is 12.5 Å². The summed E-state index contributed by atoms with van der Waals surface area (Å²) in [4.78, 5) is 26.2. The number of aromatic nitrogens is 4. The average molecular weight is 343 g/mol. The number of benzene rings is 1. The van der Waals surface area contributed by atoms with Gasteiger partial charge in [-0.3, -0.25) is 4.79 Å². The van der Waals surface area contributed by atoms with Gasteiger partial charge in [-0.15, -0.1) is 5.10 Å².